The average molecular weight is 185 g/mol. The Morgan fingerprint density at radius 1 is 1.46 bits per heavy atom. The van der Waals surface area contributed by atoms with Crippen LogP contribution in [0, 0.1) is 17.3 Å². The van der Waals surface area contributed by atoms with Crippen LogP contribution in [0.2, 0.25) is 0 Å². The third-order valence-electron chi connectivity index (χ3n) is 4.28. The summed E-state index contributed by atoms with van der Waals surface area (Å²) in [5.41, 5.74) is 5.04. The second kappa shape index (κ2) is 3.25. The number of aliphatic hydroxyl groups is 1. The van der Waals surface area contributed by atoms with Gasteiger partial charge in [-0.05, 0) is 31.6 Å². The maximum Gasteiger partial charge on any atom is 0.0715 e. The molecule has 1 saturated carbocycles. The average Bonchev–Trinajstić information content (AvgIpc) is 2.81. The van der Waals surface area contributed by atoms with E-state index in [2.05, 4.69) is 20.8 Å². The Bertz CT molecular complexity index is 185. The molecule has 4 atom stereocenters. The van der Waals surface area contributed by atoms with Gasteiger partial charge >= 0.3 is 0 Å². The molecule has 0 amide bonds. The Morgan fingerprint density at radius 2 is 1.92 bits per heavy atom. The zero-order valence-electron chi connectivity index (χ0n) is 9.30. The van der Waals surface area contributed by atoms with E-state index < -0.39 is 5.60 Å². The quantitative estimate of drug-likeness (QED) is 0.701. The molecule has 1 fully saturated rings. The van der Waals surface area contributed by atoms with Crippen LogP contribution < -0.4 is 5.73 Å². The molecule has 0 aliphatic heterocycles. The monoisotopic (exact) mass is 185 g/mol. The van der Waals surface area contributed by atoms with Crippen molar-refractivity contribution < 1.29 is 5.11 Å². The van der Waals surface area contributed by atoms with Crippen LogP contribution in [0.15, 0.2) is 0 Å². The van der Waals surface area contributed by atoms with Gasteiger partial charge in [0.25, 0.3) is 0 Å². The van der Waals surface area contributed by atoms with Crippen molar-refractivity contribution in [2.45, 2.75) is 46.1 Å². The standard InChI is InChI=1S/C11H23NO/c1-5-10(3,7-12)11(4,13)9-6-8(9)2/h8-9,13H,5-7,12H2,1-4H3. The summed E-state index contributed by atoms with van der Waals surface area (Å²) in [5, 5.41) is 10.5. The van der Waals surface area contributed by atoms with Crippen molar-refractivity contribution in [2.75, 3.05) is 6.54 Å². The molecule has 1 aliphatic carbocycles. The van der Waals surface area contributed by atoms with Crippen LogP contribution in [0.4, 0.5) is 0 Å². The lowest BCUT2D eigenvalue weighted by atomic mass is 9.69. The maximum atomic E-state index is 10.5. The van der Waals surface area contributed by atoms with E-state index in [1.165, 1.54) is 0 Å². The van der Waals surface area contributed by atoms with E-state index in [0.29, 0.717) is 18.4 Å². The van der Waals surface area contributed by atoms with E-state index in [1.807, 2.05) is 6.92 Å². The molecule has 0 spiro atoms. The van der Waals surface area contributed by atoms with Crippen molar-refractivity contribution in [2.24, 2.45) is 23.0 Å². The van der Waals surface area contributed by atoms with Gasteiger partial charge < -0.3 is 10.8 Å². The maximum absolute atomic E-state index is 10.5. The van der Waals surface area contributed by atoms with Crippen molar-refractivity contribution in [3.05, 3.63) is 0 Å². The summed E-state index contributed by atoms with van der Waals surface area (Å²) in [7, 11) is 0. The predicted molar refractivity (Wildman–Crippen MR) is 55.3 cm³/mol. The molecule has 0 bridgehead atoms. The molecule has 0 aromatic heterocycles. The van der Waals surface area contributed by atoms with Gasteiger partial charge in [0.15, 0.2) is 0 Å². The minimum atomic E-state index is -0.587. The van der Waals surface area contributed by atoms with Gasteiger partial charge in [-0.15, -0.1) is 0 Å². The van der Waals surface area contributed by atoms with Gasteiger partial charge in [0.2, 0.25) is 0 Å². The van der Waals surface area contributed by atoms with Gasteiger partial charge in [0.1, 0.15) is 0 Å². The highest BCUT2D eigenvalue weighted by Gasteiger charge is 2.54. The highest BCUT2D eigenvalue weighted by Crippen LogP contribution is 2.53. The zero-order chi connectivity index (χ0) is 10.3. The SMILES string of the molecule is CCC(C)(CN)C(C)(O)C1CC1C. The summed E-state index contributed by atoms with van der Waals surface area (Å²) in [6.07, 6.45) is 2.10. The van der Waals surface area contributed by atoms with Gasteiger partial charge in [-0.3, -0.25) is 0 Å². The Hall–Kier alpha value is -0.0800. The summed E-state index contributed by atoms with van der Waals surface area (Å²) in [6.45, 7) is 8.93. The molecular weight excluding hydrogens is 162 g/mol. The fourth-order valence-electron chi connectivity index (χ4n) is 2.26. The van der Waals surface area contributed by atoms with E-state index in [4.69, 9.17) is 5.73 Å². The molecular formula is C11H23NO. The zero-order valence-corrected chi connectivity index (χ0v) is 9.30. The topological polar surface area (TPSA) is 46.2 Å². The molecule has 0 aromatic carbocycles. The molecule has 2 heteroatoms. The minimum Gasteiger partial charge on any atom is -0.389 e. The predicted octanol–water partition coefficient (Wildman–Crippen LogP) is 1.77. The lowest BCUT2D eigenvalue weighted by Gasteiger charge is -2.42. The summed E-state index contributed by atoms with van der Waals surface area (Å²) in [6, 6.07) is 0. The second-order valence-electron chi connectivity index (χ2n) is 5.09. The third-order valence-corrected chi connectivity index (χ3v) is 4.28. The number of nitrogens with two attached hydrogens (primary N) is 1. The van der Waals surface area contributed by atoms with E-state index in [-0.39, 0.29) is 5.41 Å². The largest absolute Gasteiger partial charge is 0.389 e. The Labute approximate surface area is 81.5 Å². The van der Waals surface area contributed by atoms with E-state index in [1.54, 1.807) is 0 Å². The lowest BCUT2D eigenvalue weighted by molar-refractivity contribution is -0.0796. The smallest absolute Gasteiger partial charge is 0.0715 e. The van der Waals surface area contributed by atoms with Crippen LogP contribution in [0.1, 0.15) is 40.5 Å². The minimum absolute atomic E-state index is 0.123. The molecule has 0 aromatic rings. The van der Waals surface area contributed by atoms with E-state index in [0.717, 1.165) is 12.8 Å². The van der Waals surface area contributed by atoms with Crippen LogP contribution in [0.25, 0.3) is 0 Å². The second-order valence-corrected chi connectivity index (χ2v) is 5.09. The Morgan fingerprint density at radius 3 is 2.15 bits per heavy atom. The normalized spacial score (nSPS) is 36.5. The molecule has 78 valence electrons. The lowest BCUT2D eigenvalue weighted by Crippen LogP contribution is -2.50. The van der Waals surface area contributed by atoms with Crippen molar-refractivity contribution in [3.63, 3.8) is 0 Å². The molecule has 0 heterocycles. The molecule has 2 nitrogen and oxygen atoms in total. The highest BCUT2D eigenvalue weighted by molar-refractivity contribution is 5.05. The molecule has 4 unspecified atom stereocenters. The fourth-order valence-corrected chi connectivity index (χ4v) is 2.26. The van der Waals surface area contributed by atoms with Gasteiger partial charge in [-0.2, -0.15) is 0 Å². The van der Waals surface area contributed by atoms with Gasteiger partial charge in [-0.25, -0.2) is 0 Å². The highest BCUT2D eigenvalue weighted by atomic mass is 16.3. The Balaban J connectivity index is 2.77. The fraction of sp³-hybridized carbons (Fsp3) is 1.00. The van der Waals surface area contributed by atoms with Crippen molar-refractivity contribution >= 4 is 0 Å². The molecule has 3 N–H and O–H groups in total. The molecule has 1 rings (SSSR count). The molecule has 0 saturated heterocycles. The first-order valence-electron chi connectivity index (χ1n) is 5.31. The van der Waals surface area contributed by atoms with Crippen molar-refractivity contribution in [1.29, 1.82) is 0 Å². The van der Waals surface area contributed by atoms with Gasteiger partial charge in [0.05, 0.1) is 5.60 Å². The van der Waals surface area contributed by atoms with Crippen molar-refractivity contribution in [3.8, 4) is 0 Å². The van der Waals surface area contributed by atoms with E-state index in [9.17, 15) is 5.11 Å². The van der Waals surface area contributed by atoms with E-state index >= 15 is 0 Å². The summed E-state index contributed by atoms with van der Waals surface area (Å²) < 4.78 is 0. The number of hydrogen-bond donors (Lipinski definition) is 2. The first kappa shape index (κ1) is 11.0. The third kappa shape index (κ3) is 1.62. The Kier molecular flexibility index (Phi) is 2.75. The van der Waals surface area contributed by atoms with Crippen LogP contribution >= 0.6 is 0 Å². The van der Waals surface area contributed by atoms with Crippen molar-refractivity contribution in [1.82, 2.24) is 0 Å². The summed E-state index contributed by atoms with van der Waals surface area (Å²) in [5.74, 6) is 1.13. The van der Waals surface area contributed by atoms with Crippen LogP contribution in [-0.2, 0) is 0 Å². The summed E-state index contributed by atoms with van der Waals surface area (Å²) in [4.78, 5) is 0. The molecule has 1 aliphatic rings. The van der Waals surface area contributed by atoms with Gasteiger partial charge in [-0.1, -0.05) is 20.8 Å². The van der Waals surface area contributed by atoms with Crippen LogP contribution in [0.5, 0.6) is 0 Å². The van der Waals surface area contributed by atoms with Gasteiger partial charge in [0, 0.05) is 12.0 Å². The molecule has 0 radical (unpaired) electrons. The number of rotatable bonds is 4. The first-order valence-corrected chi connectivity index (χ1v) is 5.31. The summed E-state index contributed by atoms with van der Waals surface area (Å²) >= 11 is 0. The first-order chi connectivity index (χ1) is 5.89. The van der Waals surface area contributed by atoms with Crippen LogP contribution in [-0.4, -0.2) is 17.3 Å². The number of hydrogen-bond acceptors (Lipinski definition) is 2. The van der Waals surface area contributed by atoms with Crippen LogP contribution in [0.3, 0.4) is 0 Å². The molecule has 13 heavy (non-hydrogen) atoms.